The highest BCUT2D eigenvalue weighted by Crippen LogP contribution is 2.29. The number of thioether (sulfide) groups is 1. The van der Waals surface area contributed by atoms with Crippen LogP contribution >= 0.6 is 34.4 Å². The summed E-state index contributed by atoms with van der Waals surface area (Å²) in [4.78, 5) is 13.7. The molecule has 0 aliphatic rings. The maximum absolute atomic E-state index is 12.4. The van der Waals surface area contributed by atoms with Crippen LogP contribution in [0.15, 0.2) is 40.1 Å². The molecule has 0 aliphatic carbocycles. The van der Waals surface area contributed by atoms with E-state index < -0.39 is 0 Å². The van der Waals surface area contributed by atoms with Crippen LogP contribution in [0.2, 0.25) is 0 Å². The molecule has 3 rings (SSSR count). The third-order valence-corrected chi connectivity index (χ3v) is 6.47. The van der Waals surface area contributed by atoms with E-state index in [2.05, 4.69) is 27.0 Å². The molecule has 0 aliphatic heterocycles. The van der Waals surface area contributed by atoms with E-state index in [-0.39, 0.29) is 5.91 Å². The number of thiophene rings is 1. The number of anilines is 1. The second kappa shape index (κ2) is 7.25. The van der Waals surface area contributed by atoms with Crippen LogP contribution in [0.25, 0.3) is 0 Å². The van der Waals surface area contributed by atoms with Crippen LogP contribution in [0.1, 0.15) is 26.4 Å². The molecular formula is C16H15N3OS3. The summed E-state index contributed by atoms with van der Waals surface area (Å²) < 4.78 is 0.856. The number of nitrogens with one attached hydrogen (secondary N) is 1. The van der Waals surface area contributed by atoms with Gasteiger partial charge in [0.15, 0.2) is 4.34 Å². The van der Waals surface area contributed by atoms with Gasteiger partial charge in [0, 0.05) is 16.2 Å². The van der Waals surface area contributed by atoms with Crippen LogP contribution in [0.4, 0.5) is 5.13 Å². The van der Waals surface area contributed by atoms with E-state index in [1.807, 2.05) is 38.1 Å². The standard InChI is InChI=1S/C16H15N3OS3/c1-10-5-3-7-13(11(10)2)14(20)17-15-18-19-16(23-15)22-9-12-6-4-8-21-12/h3-8H,9H2,1-2H3,(H,17,18,20). The van der Waals surface area contributed by atoms with Gasteiger partial charge in [-0.2, -0.15) is 0 Å². The number of aryl methyl sites for hydroxylation is 1. The molecule has 0 saturated heterocycles. The van der Waals surface area contributed by atoms with Crippen LogP contribution in [-0.2, 0) is 5.75 Å². The highest BCUT2D eigenvalue weighted by Gasteiger charge is 2.13. The summed E-state index contributed by atoms with van der Waals surface area (Å²) in [6, 6.07) is 9.85. The lowest BCUT2D eigenvalue weighted by Gasteiger charge is -2.07. The van der Waals surface area contributed by atoms with Crippen LogP contribution < -0.4 is 5.32 Å². The van der Waals surface area contributed by atoms with Gasteiger partial charge in [-0.25, -0.2) is 0 Å². The molecular weight excluding hydrogens is 346 g/mol. The smallest absolute Gasteiger partial charge is 0.257 e. The van der Waals surface area contributed by atoms with Gasteiger partial charge in [-0.05, 0) is 42.5 Å². The van der Waals surface area contributed by atoms with Crippen LogP contribution in [0.5, 0.6) is 0 Å². The monoisotopic (exact) mass is 361 g/mol. The van der Waals surface area contributed by atoms with Crippen molar-refractivity contribution in [2.24, 2.45) is 0 Å². The molecule has 0 fully saturated rings. The Kier molecular flexibility index (Phi) is 5.09. The van der Waals surface area contributed by atoms with Gasteiger partial charge in [0.2, 0.25) is 5.13 Å². The number of aromatic nitrogens is 2. The molecule has 1 N–H and O–H groups in total. The van der Waals surface area contributed by atoms with E-state index in [1.165, 1.54) is 16.2 Å². The molecule has 4 nitrogen and oxygen atoms in total. The van der Waals surface area contributed by atoms with Crippen molar-refractivity contribution >= 4 is 45.5 Å². The topological polar surface area (TPSA) is 54.9 Å². The van der Waals surface area contributed by atoms with Gasteiger partial charge in [-0.1, -0.05) is 41.3 Å². The van der Waals surface area contributed by atoms with Gasteiger partial charge in [0.25, 0.3) is 5.91 Å². The average Bonchev–Trinajstić information content (AvgIpc) is 3.19. The summed E-state index contributed by atoms with van der Waals surface area (Å²) >= 11 is 4.76. The number of amides is 1. The van der Waals surface area contributed by atoms with E-state index in [0.29, 0.717) is 10.7 Å². The van der Waals surface area contributed by atoms with Crippen molar-refractivity contribution in [3.63, 3.8) is 0 Å². The minimum atomic E-state index is -0.142. The lowest BCUT2D eigenvalue weighted by molar-refractivity contribution is 0.102. The lowest BCUT2D eigenvalue weighted by Crippen LogP contribution is -2.13. The molecule has 23 heavy (non-hydrogen) atoms. The van der Waals surface area contributed by atoms with E-state index in [0.717, 1.165) is 21.2 Å². The Morgan fingerprint density at radius 1 is 1.22 bits per heavy atom. The Labute approximate surface area is 147 Å². The van der Waals surface area contributed by atoms with E-state index in [9.17, 15) is 4.79 Å². The van der Waals surface area contributed by atoms with E-state index >= 15 is 0 Å². The fourth-order valence-electron chi connectivity index (χ4n) is 2.01. The highest BCUT2D eigenvalue weighted by atomic mass is 32.2. The van der Waals surface area contributed by atoms with Gasteiger partial charge in [-0.3, -0.25) is 10.1 Å². The Balaban J connectivity index is 1.64. The SMILES string of the molecule is Cc1cccc(C(=O)Nc2nnc(SCc3cccs3)s2)c1C. The van der Waals surface area contributed by atoms with Crippen molar-refractivity contribution in [2.45, 2.75) is 23.9 Å². The van der Waals surface area contributed by atoms with Gasteiger partial charge in [-0.15, -0.1) is 21.5 Å². The van der Waals surface area contributed by atoms with Crippen molar-refractivity contribution in [1.82, 2.24) is 10.2 Å². The number of benzene rings is 1. The zero-order valence-electron chi connectivity index (χ0n) is 12.7. The fourth-order valence-corrected chi connectivity index (χ4v) is 4.53. The van der Waals surface area contributed by atoms with Gasteiger partial charge < -0.3 is 0 Å². The van der Waals surface area contributed by atoms with Crippen molar-refractivity contribution in [3.05, 3.63) is 57.3 Å². The van der Waals surface area contributed by atoms with Crippen LogP contribution in [-0.4, -0.2) is 16.1 Å². The normalized spacial score (nSPS) is 10.7. The van der Waals surface area contributed by atoms with Gasteiger partial charge >= 0.3 is 0 Å². The molecule has 2 heterocycles. The molecule has 7 heteroatoms. The molecule has 0 bridgehead atoms. The summed E-state index contributed by atoms with van der Waals surface area (Å²) in [7, 11) is 0. The molecule has 118 valence electrons. The minimum Gasteiger partial charge on any atom is -0.296 e. The average molecular weight is 362 g/mol. The third kappa shape index (κ3) is 3.99. The molecule has 0 atom stereocenters. The zero-order chi connectivity index (χ0) is 16.2. The first kappa shape index (κ1) is 16.2. The summed E-state index contributed by atoms with van der Waals surface area (Å²) in [6.07, 6.45) is 0. The highest BCUT2D eigenvalue weighted by molar-refractivity contribution is 8.00. The second-order valence-electron chi connectivity index (χ2n) is 4.94. The Hall–Kier alpha value is -1.70. The summed E-state index contributed by atoms with van der Waals surface area (Å²) in [6.45, 7) is 3.95. The van der Waals surface area contributed by atoms with Gasteiger partial charge in [0.1, 0.15) is 0 Å². The molecule has 0 radical (unpaired) electrons. The molecule has 0 saturated carbocycles. The van der Waals surface area contributed by atoms with Crippen molar-refractivity contribution < 1.29 is 4.79 Å². The molecule has 3 aromatic rings. The maximum Gasteiger partial charge on any atom is 0.257 e. The number of rotatable bonds is 5. The fraction of sp³-hybridized carbons (Fsp3) is 0.188. The number of hydrogen-bond acceptors (Lipinski definition) is 6. The minimum absolute atomic E-state index is 0.142. The number of carbonyl (C=O) groups is 1. The predicted molar refractivity (Wildman–Crippen MR) is 97.7 cm³/mol. The lowest BCUT2D eigenvalue weighted by atomic mass is 10.0. The molecule has 2 aromatic heterocycles. The number of carbonyl (C=O) groups excluding carboxylic acids is 1. The number of nitrogens with zero attached hydrogens (tertiary/aromatic N) is 2. The Bertz CT molecular complexity index is 812. The van der Waals surface area contributed by atoms with Gasteiger partial charge in [0.05, 0.1) is 0 Å². The van der Waals surface area contributed by atoms with E-state index in [1.54, 1.807) is 23.1 Å². The third-order valence-electron chi connectivity index (χ3n) is 3.39. The first-order valence-electron chi connectivity index (χ1n) is 7.00. The van der Waals surface area contributed by atoms with Crippen molar-refractivity contribution in [2.75, 3.05) is 5.32 Å². The Morgan fingerprint density at radius 3 is 2.87 bits per heavy atom. The summed E-state index contributed by atoms with van der Waals surface area (Å²) in [5.41, 5.74) is 2.76. The van der Waals surface area contributed by atoms with E-state index in [4.69, 9.17) is 0 Å². The molecule has 1 amide bonds. The molecule has 0 unspecified atom stereocenters. The second-order valence-corrected chi connectivity index (χ2v) is 8.17. The zero-order valence-corrected chi connectivity index (χ0v) is 15.1. The first-order chi connectivity index (χ1) is 11.1. The predicted octanol–water partition coefficient (Wildman–Crippen LogP) is 4.76. The van der Waals surface area contributed by atoms with Crippen LogP contribution in [0.3, 0.4) is 0 Å². The summed E-state index contributed by atoms with van der Waals surface area (Å²) in [5, 5.41) is 13.6. The van der Waals surface area contributed by atoms with Crippen molar-refractivity contribution in [1.29, 1.82) is 0 Å². The number of hydrogen-bond donors (Lipinski definition) is 1. The summed E-state index contributed by atoms with van der Waals surface area (Å²) in [5.74, 6) is 0.731. The quantitative estimate of drug-likeness (QED) is 0.526. The molecule has 0 spiro atoms. The largest absolute Gasteiger partial charge is 0.296 e. The maximum atomic E-state index is 12.4. The first-order valence-corrected chi connectivity index (χ1v) is 9.68. The van der Waals surface area contributed by atoms with Crippen molar-refractivity contribution in [3.8, 4) is 0 Å². The van der Waals surface area contributed by atoms with Crippen LogP contribution in [0, 0.1) is 13.8 Å². The molecule has 1 aromatic carbocycles. The Morgan fingerprint density at radius 2 is 2.09 bits per heavy atom.